The Labute approximate surface area is 94.9 Å². The molecule has 2 heterocycles. The molecule has 1 aromatic heterocycles. The smallest absolute Gasteiger partial charge is 0.231 e. The number of nitrogens with zero attached hydrogens (tertiary/aromatic N) is 1. The number of carbonyl (C=O) groups excluding carboxylic acids is 1. The van der Waals surface area contributed by atoms with Gasteiger partial charge in [-0.15, -0.1) is 12.4 Å². The lowest BCUT2D eigenvalue weighted by Crippen LogP contribution is -2.48. The largest absolute Gasteiger partial charge is 0.315 e. The molecule has 5 heteroatoms. The van der Waals surface area contributed by atoms with Crippen LogP contribution in [-0.2, 0) is 4.79 Å². The average Bonchev–Trinajstić information content (AvgIpc) is 1.99. The fourth-order valence-corrected chi connectivity index (χ4v) is 1.31. The van der Waals surface area contributed by atoms with Gasteiger partial charge < -0.3 is 10.6 Å². The highest BCUT2D eigenvalue weighted by Gasteiger charge is 2.24. The quantitative estimate of drug-likeness (QED) is 0.792. The highest BCUT2D eigenvalue weighted by atomic mass is 35.5. The summed E-state index contributed by atoms with van der Waals surface area (Å²) in [5, 5.41) is 5.85. The number of pyridine rings is 1. The molecule has 2 rings (SSSR count). The van der Waals surface area contributed by atoms with Gasteiger partial charge in [0, 0.05) is 19.3 Å². The van der Waals surface area contributed by atoms with Crippen LogP contribution in [0.1, 0.15) is 5.56 Å². The van der Waals surface area contributed by atoms with E-state index in [1.54, 1.807) is 6.20 Å². The summed E-state index contributed by atoms with van der Waals surface area (Å²) in [6, 6.07) is 3.77. The molecule has 82 valence electrons. The van der Waals surface area contributed by atoms with Gasteiger partial charge in [-0.05, 0) is 24.6 Å². The minimum Gasteiger partial charge on any atom is -0.315 e. The molecule has 0 atom stereocenters. The normalized spacial score (nSPS) is 15.0. The van der Waals surface area contributed by atoms with Crippen molar-refractivity contribution < 1.29 is 4.79 Å². The van der Waals surface area contributed by atoms with E-state index >= 15 is 0 Å². The van der Waals surface area contributed by atoms with E-state index in [0.717, 1.165) is 18.7 Å². The van der Waals surface area contributed by atoms with Crippen LogP contribution >= 0.6 is 12.4 Å². The van der Waals surface area contributed by atoms with Crippen LogP contribution in [0.15, 0.2) is 18.3 Å². The minimum absolute atomic E-state index is 0. The number of hydrogen-bond acceptors (Lipinski definition) is 3. The summed E-state index contributed by atoms with van der Waals surface area (Å²) in [4.78, 5) is 15.6. The summed E-state index contributed by atoms with van der Waals surface area (Å²) >= 11 is 0. The first-order valence-electron chi connectivity index (χ1n) is 4.70. The van der Waals surface area contributed by atoms with Gasteiger partial charge in [0.15, 0.2) is 0 Å². The fraction of sp³-hybridized carbons (Fsp3) is 0.400. The molecular formula is C10H14ClN3O. The maximum atomic E-state index is 11.5. The number of hydrogen-bond donors (Lipinski definition) is 2. The SMILES string of the molecule is Cc1ccnc(NC(=O)C2CNC2)c1.Cl. The Kier molecular flexibility index (Phi) is 4.05. The number of aromatic nitrogens is 1. The summed E-state index contributed by atoms with van der Waals surface area (Å²) in [6.07, 6.45) is 1.70. The predicted octanol–water partition coefficient (Wildman–Crippen LogP) is 0.970. The average molecular weight is 228 g/mol. The Hall–Kier alpha value is -1.13. The van der Waals surface area contributed by atoms with E-state index in [-0.39, 0.29) is 24.2 Å². The molecule has 0 aliphatic carbocycles. The van der Waals surface area contributed by atoms with Gasteiger partial charge >= 0.3 is 0 Å². The highest BCUT2D eigenvalue weighted by molar-refractivity contribution is 5.92. The van der Waals surface area contributed by atoms with Crippen molar-refractivity contribution in [3.05, 3.63) is 23.9 Å². The topological polar surface area (TPSA) is 54.0 Å². The van der Waals surface area contributed by atoms with Crippen molar-refractivity contribution in [3.63, 3.8) is 0 Å². The molecule has 0 aromatic carbocycles. The first-order chi connectivity index (χ1) is 6.75. The van der Waals surface area contributed by atoms with Crippen LogP contribution < -0.4 is 10.6 Å². The number of aryl methyl sites for hydroxylation is 1. The standard InChI is InChI=1S/C10H13N3O.ClH/c1-7-2-3-12-9(4-7)13-10(14)8-5-11-6-8;/h2-4,8,11H,5-6H2,1H3,(H,12,13,14);1H. The second kappa shape index (κ2) is 5.09. The molecule has 1 saturated heterocycles. The Morgan fingerprint density at radius 3 is 2.87 bits per heavy atom. The number of amides is 1. The third-order valence-electron chi connectivity index (χ3n) is 2.32. The Balaban J connectivity index is 0.00000112. The Morgan fingerprint density at radius 2 is 2.33 bits per heavy atom. The van der Waals surface area contributed by atoms with E-state index in [9.17, 15) is 4.79 Å². The second-order valence-electron chi connectivity index (χ2n) is 3.56. The van der Waals surface area contributed by atoms with E-state index in [2.05, 4.69) is 15.6 Å². The van der Waals surface area contributed by atoms with E-state index in [1.165, 1.54) is 0 Å². The van der Waals surface area contributed by atoms with Crippen LogP contribution in [-0.4, -0.2) is 24.0 Å². The lowest BCUT2D eigenvalue weighted by Gasteiger charge is -2.25. The van der Waals surface area contributed by atoms with Crippen LogP contribution in [0.5, 0.6) is 0 Å². The van der Waals surface area contributed by atoms with Crippen molar-refractivity contribution >= 4 is 24.1 Å². The minimum atomic E-state index is 0. The molecule has 4 nitrogen and oxygen atoms in total. The summed E-state index contributed by atoms with van der Waals surface area (Å²) in [5.41, 5.74) is 1.10. The molecule has 0 radical (unpaired) electrons. The molecule has 0 bridgehead atoms. The van der Waals surface area contributed by atoms with E-state index in [4.69, 9.17) is 0 Å². The molecule has 0 saturated carbocycles. The van der Waals surface area contributed by atoms with Gasteiger partial charge in [0.05, 0.1) is 5.92 Å². The Morgan fingerprint density at radius 1 is 1.60 bits per heavy atom. The third-order valence-corrected chi connectivity index (χ3v) is 2.32. The number of rotatable bonds is 2. The van der Waals surface area contributed by atoms with Crippen molar-refractivity contribution in [1.29, 1.82) is 0 Å². The van der Waals surface area contributed by atoms with Crippen LogP contribution in [0.3, 0.4) is 0 Å². The van der Waals surface area contributed by atoms with Crippen LogP contribution in [0.4, 0.5) is 5.82 Å². The van der Waals surface area contributed by atoms with Crippen molar-refractivity contribution in [3.8, 4) is 0 Å². The third kappa shape index (κ3) is 2.91. The van der Waals surface area contributed by atoms with Crippen LogP contribution in [0, 0.1) is 12.8 Å². The van der Waals surface area contributed by atoms with Crippen molar-refractivity contribution in [2.75, 3.05) is 18.4 Å². The maximum absolute atomic E-state index is 11.5. The lowest BCUT2D eigenvalue weighted by atomic mass is 10.0. The first kappa shape index (κ1) is 11.9. The maximum Gasteiger partial charge on any atom is 0.231 e. The highest BCUT2D eigenvalue weighted by Crippen LogP contribution is 2.09. The van der Waals surface area contributed by atoms with Crippen molar-refractivity contribution in [2.24, 2.45) is 5.92 Å². The molecule has 15 heavy (non-hydrogen) atoms. The second-order valence-corrected chi connectivity index (χ2v) is 3.56. The van der Waals surface area contributed by atoms with Gasteiger partial charge in [-0.1, -0.05) is 0 Å². The Bertz CT molecular complexity index is 352. The van der Waals surface area contributed by atoms with Gasteiger partial charge in [0.1, 0.15) is 5.82 Å². The van der Waals surface area contributed by atoms with E-state index in [0.29, 0.717) is 5.82 Å². The van der Waals surface area contributed by atoms with Gasteiger partial charge in [-0.2, -0.15) is 0 Å². The van der Waals surface area contributed by atoms with Gasteiger partial charge in [0.2, 0.25) is 5.91 Å². The molecule has 1 aromatic rings. The first-order valence-corrected chi connectivity index (χ1v) is 4.70. The van der Waals surface area contributed by atoms with Gasteiger partial charge in [-0.25, -0.2) is 4.98 Å². The molecule has 0 unspecified atom stereocenters. The van der Waals surface area contributed by atoms with Crippen LogP contribution in [0.2, 0.25) is 0 Å². The zero-order chi connectivity index (χ0) is 9.97. The lowest BCUT2D eigenvalue weighted by molar-refractivity contribution is -0.121. The summed E-state index contributed by atoms with van der Waals surface area (Å²) in [5.74, 6) is 0.807. The number of nitrogens with one attached hydrogen (secondary N) is 2. The number of halogens is 1. The van der Waals surface area contributed by atoms with Gasteiger partial charge in [0.25, 0.3) is 0 Å². The summed E-state index contributed by atoms with van der Waals surface area (Å²) < 4.78 is 0. The van der Waals surface area contributed by atoms with Crippen LogP contribution in [0.25, 0.3) is 0 Å². The van der Waals surface area contributed by atoms with E-state index < -0.39 is 0 Å². The zero-order valence-corrected chi connectivity index (χ0v) is 9.30. The summed E-state index contributed by atoms with van der Waals surface area (Å²) in [6.45, 7) is 3.53. The molecule has 0 spiro atoms. The summed E-state index contributed by atoms with van der Waals surface area (Å²) in [7, 11) is 0. The molecule has 1 aliphatic heterocycles. The molecule has 1 amide bonds. The molecule has 1 aliphatic rings. The fourth-order valence-electron chi connectivity index (χ4n) is 1.31. The van der Waals surface area contributed by atoms with E-state index in [1.807, 2.05) is 19.1 Å². The van der Waals surface area contributed by atoms with Gasteiger partial charge in [-0.3, -0.25) is 4.79 Å². The molecule has 2 N–H and O–H groups in total. The predicted molar refractivity (Wildman–Crippen MR) is 61.2 cm³/mol. The number of carbonyl (C=O) groups is 1. The monoisotopic (exact) mass is 227 g/mol. The molecule has 1 fully saturated rings. The number of anilines is 1. The van der Waals surface area contributed by atoms with Crippen molar-refractivity contribution in [1.82, 2.24) is 10.3 Å². The zero-order valence-electron chi connectivity index (χ0n) is 8.49. The molecular weight excluding hydrogens is 214 g/mol. The van der Waals surface area contributed by atoms with Crippen molar-refractivity contribution in [2.45, 2.75) is 6.92 Å².